The van der Waals surface area contributed by atoms with E-state index >= 15 is 0 Å². The van der Waals surface area contributed by atoms with E-state index in [0.717, 1.165) is 17.9 Å². The molecule has 82 valence electrons. The standard InChI is InChI=1S/C13H13ClN2/c14-11-4-5-12-10(9-11)3-6-13(12)15-16-7-1-2-8-16/h1-2,4-5,7-9,13,15H,3,6H2. The highest BCUT2D eigenvalue weighted by Gasteiger charge is 2.22. The van der Waals surface area contributed by atoms with Crippen molar-refractivity contribution in [2.45, 2.75) is 18.9 Å². The van der Waals surface area contributed by atoms with Crippen molar-refractivity contribution in [3.05, 3.63) is 58.9 Å². The van der Waals surface area contributed by atoms with Crippen LogP contribution in [0.5, 0.6) is 0 Å². The fourth-order valence-electron chi connectivity index (χ4n) is 2.32. The van der Waals surface area contributed by atoms with Crippen LogP contribution in [0, 0.1) is 0 Å². The predicted octanol–water partition coefficient (Wildman–Crippen LogP) is 3.37. The monoisotopic (exact) mass is 232 g/mol. The van der Waals surface area contributed by atoms with Gasteiger partial charge in [0.05, 0.1) is 6.04 Å². The van der Waals surface area contributed by atoms with E-state index in [1.807, 2.05) is 35.3 Å². The first-order valence-corrected chi connectivity index (χ1v) is 5.88. The SMILES string of the molecule is Clc1ccc2c(c1)CCC2Nn1cccc1. The summed E-state index contributed by atoms with van der Waals surface area (Å²) in [5.41, 5.74) is 6.22. The van der Waals surface area contributed by atoms with Gasteiger partial charge in [0, 0.05) is 17.4 Å². The number of aryl methyl sites for hydroxylation is 1. The average molecular weight is 233 g/mol. The molecule has 16 heavy (non-hydrogen) atoms. The van der Waals surface area contributed by atoms with Crippen LogP contribution >= 0.6 is 11.6 Å². The fourth-order valence-corrected chi connectivity index (χ4v) is 2.52. The number of rotatable bonds is 2. The zero-order valence-corrected chi connectivity index (χ0v) is 9.61. The van der Waals surface area contributed by atoms with Crippen LogP contribution in [0.3, 0.4) is 0 Å². The van der Waals surface area contributed by atoms with Crippen molar-refractivity contribution < 1.29 is 0 Å². The number of benzene rings is 1. The maximum atomic E-state index is 5.99. The summed E-state index contributed by atoms with van der Waals surface area (Å²) in [6.07, 6.45) is 6.28. The number of hydrogen-bond acceptors (Lipinski definition) is 1. The van der Waals surface area contributed by atoms with Gasteiger partial charge in [0.25, 0.3) is 0 Å². The summed E-state index contributed by atoms with van der Waals surface area (Å²) in [6, 6.07) is 10.6. The zero-order valence-electron chi connectivity index (χ0n) is 8.86. The minimum absolute atomic E-state index is 0.402. The van der Waals surface area contributed by atoms with E-state index in [4.69, 9.17) is 11.6 Å². The van der Waals surface area contributed by atoms with Crippen LogP contribution in [0.4, 0.5) is 0 Å². The fraction of sp³-hybridized carbons (Fsp3) is 0.231. The minimum atomic E-state index is 0.402. The molecule has 0 fully saturated rings. The molecule has 0 saturated carbocycles. The molecular formula is C13H13ClN2. The third-order valence-corrected chi connectivity index (χ3v) is 3.33. The molecule has 0 saturated heterocycles. The van der Waals surface area contributed by atoms with Crippen molar-refractivity contribution in [2.75, 3.05) is 5.43 Å². The summed E-state index contributed by atoms with van der Waals surface area (Å²) in [6.45, 7) is 0. The molecule has 1 aromatic carbocycles. The normalized spacial score (nSPS) is 18.4. The summed E-state index contributed by atoms with van der Waals surface area (Å²) in [5.74, 6) is 0. The molecule has 2 nitrogen and oxygen atoms in total. The van der Waals surface area contributed by atoms with Crippen molar-refractivity contribution in [1.29, 1.82) is 0 Å². The number of fused-ring (bicyclic) bond motifs is 1. The second-order valence-corrected chi connectivity index (χ2v) is 4.59. The predicted molar refractivity (Wildman–Crippen MR) is 66.3 cm³/mol. The van der Waals surface area contributed by atoms with E-state index in [0.29, 0.717) is 6.04 Å². The van der Waals surface area contributed by atoms with Crippen molar-refractivity contribution >= 4 is 11.6 Å². The maximum Gasteiger partial charge on any atom is 0.0679 e. The summed E-state index contributed by atoms with van der Waals surface area (Å²) in [7, 11) is 0. The van der Waals surface area contributed by atoms with Crippen molar-refractivity contribution in [2.24, 2.45) is 0 Å². The van der Waals surface area contributed by atoms with E-state index < -0.39 is 0 Å². The van der Waals surface area contributed by atoms with Gasteiger partial charge in [-0.15, -0.1) is 0 Å². The molecule has 2 aromatic rings. The van der Waals surface area contributed by atoms with Gasteiger partial charge in [-0.1, -0.05) is 17.7 Å². The Bertz CT molecular complexity index is 491. The quantitative estimate of drug-likeness (QED) is 0.840. The largest absolute Gasteiger partial charge is 0.319 e. The van der Waals surface area contributed by atoms with E-state index in [2.05, 4.69) is 17.6 Å². The molecule has 0 bridgehead atoms. The lowest BCUT2D eigenvalue weighted by atomic mass is 10.1. The van der Waals surface area contributed by atoms with Crippen LogP contribution < -0.4 is 5.43 Å². The molecule has 1 aromatic heterocycles. The molecule has 1 heterocycles. The van der Waals surface area contributed by atoms with Gasteiger partial charge in [0.2, 0.25) is 0 Å². The molecule has 3 heteroatoms. The van der Waals surface area contributed by atoms with E-state index in [-0.39, 0.29) is 0 Å². The van der Waals surface area contributed by atoms with E-state index in [9.17, 15) is 0 Å². The Kier molecular flexibility index (Phi) is 2.37. The summed E-state index contributed by atoms with van der Waals surface area (Å²) < 4.78 is 2.01. The van der Waals surface area contributed by atoms with E-state index in [1.54, 1.807) is 0 Å². The summed E-state index contributed by atoms with van der Waals surface area (Å²) in [5, 5.41) is 0.834. The van der Waals surface area contributed by atoms with Crippen LogP contribution in [0.15, 0.2) is 42.7 Å². The molecule has 1 aliphatic carbocycles. The van der Waals surface area contributed by atoms with Gasteiger partial charge in [-0.25, -0.2) is 0 Å². The minimum Gasteiger partial charge on any atom is -0.319 e. The Labute approximate surface area is 99.8 Å². The Morgan fingerprint density at radius 3 is 2.88 bits per heavy atom. The molecule has 0 spiro atoms. The Balaban J connectivity index is 1.86. The van der Waals surface area contributed by atoms with Gasteiger partial charge in [0.15, 0.2) is 0 Å². The van der Waals surface area contributed by atoms with Crippen LogP contribution in [-0.4, -0.2) is 4.68 Å². The highest BCUT2D eigenvalue weighted by molar-refractivity contribution is 6.30. The summed E-state index contributed by atoms with van der Waals surface area (Å²) in [4.78, 5) is 0. The smallest absolute Gasteiger partial charge is 0.0679 e. The molecule has 3 rings (SSSR count). The van der Waals surface area contributed by atoms with Gasteiger partial charge in [0.1, 0.15) is 0 Å². The lowest BCUT2D eigenvalue weighted by Crippen LogP contribution is -2.17. The molecule has 1 unspecified atom stereocenters. The molecule has 1 N–H and O–H groups in total. The van der Waals surface area contributed by atoms with Crippen LogP contribution in [0.25, 0.3) is 0 Å². The van der Waals surface area contributed by atoms with Crippen LogP contribution in [0.1, 0.15) is 23.6 Å². The highest BCUT2D eigenvalue weighted by Crippen LogP contribution is 2.33. The Morgan fingerprint density at radius 2 is 2.06 bits per heavy atom. The number of aromatic nitrogens is 1. The Morgan fingerprint density at radius 1 is 1.25 bits per heavy atom. The second-order valence-electron chi connectivity index (χ2n) is 4.15. The lowest BCUT2D eigenvalue weighted by Gasteiger charge is -2.16. The number of nitrogens with one attached hydrogen (secondary N) is 1. The third kappa shape index (κ3) is 1.69. The first-order chi connectivity index (χ1) is 7.83. The van der Waals surface area contributed by atoms with Crippen molar-refractivity contribution in [3.63, 3.8) is 0 Å². The van der Waals surface area contributed by atoms with Gasteiger partial charge in [-0.3, -0.25) is 4.68 Å². The first-order valence-electron chi connectivity index (χ1n) is 5.51. The molecular weight excluding hydrogens is 220 g/mol. The number of halogens is 1. The highest BCUT2D eigenvalue weighted by atomic mass is 35.5. The number of hydrogen-bond donors (Lipinski definition) is 1. The van der Waals surface area contributed by atoms with Crippen molar-refractivity contribution in [1.82, 2.24) is 4.68 Å². The molecule has 1 atom stereocenters. The molecule has 0 aliphatic heterocycles. The average Bonchev–Trinajstić information content (AvgIpc) is 2.89. The number of nitrogens with zero attached hydrogens (tertiary/aromatic N) is 1. The lowest BCUT2D eigenvalue weighted by molar-refractivity contribution is 0.665. The topological polar surface area (TPSA) is 17.0 Å². The maximum absolute atomic E-state index is 5.99. The van der Waals surface area contributed by atoms with Gasteiger partial charge < -0.3 is 5.43 Å². The van der Waals surface area contributed by atoms with E-state index in [1.165, 1.54) is 11.1 Å². The first kappa shape index (κ1) is 9.79. The van der Waals surface area contributed by atoms with Gasteiger partial charge in [-0.05, 0) is 48.2 Å². The third-order valence-electron chi connectivity index (χ3n) is 3.09. The van der Waals surface area contributed by atoms with Crippen LogP contribution in [-0.2, 0) is 6.42 Å². The zero-order chi connectivity index (χ0) is 11.0. The van der Waals surface area contributed by atoms with Crippen molar-refractivity contribution in [3.8, 4) is 0 Å². The van der Waals surface area contributed by atoms with Gasteiger partial charge in [-0.2, -0.15) is 0 Å². The molecule has 0 amide bonds. The summed E-state index contributed by atoms with van der Waals surface area (Å²) >= 11 is 5.99. The van der Waals surface area contributed by atoms with Crippen LogP contribution in [0.2, 0.25) is 5.02 Å². The Hall–Kier alpha value is -1.41. The van der Waals surface area contributed by atoms with Gasteiger partial charge >= 0.3 is 0 Å². The molecule has 1 aliphatic rings. The molecule has 0 radical (unpaired) electrons. The second kappa shape index (κ2) is 3.87.